The first-order valence-electron chi connectivity index (χ1n) is 6.16. The predicted molar refractivity (Wildman–Crippen MR) is 70.9 cm³/mol. The van der Waals surface area contributed by atoms with Gasteiger partial charge in [-0.1, -0.05) is 12.1 Å². The van der Waals surface area contributed by atoms with Crippen LogP contribution in [-0.4, -0.2) is 11.0 Å². The van der Waals surface area contributed by atoms with Crippen molar-refractivity contribution in [3.05, 3.63) is 60.2 Å². The Balaban J connectivity index is 0.000000149. The highest BCUT2D eigenvalue weighted by Gasteiger charge is 2.16. The highest BCUT2D eigenvalue weighted by atomic mass is 16.5. The van der Waals surface area contributed by atoms with E-state index in [9.17, 15) is 5.21 Å². The lowest BCUT2D eigenvalue weighted by Gasteiger charge is -2.26. The van der Waals surface area contributed by atoms with E-state index in [0.717, 1.165) is 10.5 Å². The number of pyridine rings is 2. The van der Waals surface area contributed by atoms with E-state index in [1.807, 2.05) is 24.4 Å². The van der Waals surface area contributed by atoms with E-state index < -0.39 is 0 Å². The fraction of sp³-hybridized carbons (Fsp3) is 0.286. The summed E-state index contributed by atoms with van der Waals surface area (Å²) in [5, 5.41) is 13.6. The van der Waals surface area contributed by atoms with Gasteiger partial charge in [-0.15, -0.1) is 0 Å². The summed E-state index contributed by atoms with van der Waals surface area (Å²) in [6.45, 7) is 0. The largest absolute Gasteiger partial charge is 0.619 e. The van der Waals surface area contributed by atoms with Crippen molar-refractivity contribution >= 4 is 5.82 Å². The average Bonchev–Trinajstić information content (AvgIpc) is 2.37. The van der Waals surface area contributed by atoms with Gasteiger partial charge >= 0.3 is 0 Å². The molecule has 2 aromatic rings. The molecule has 0 saturated heterocycles. The summed E-state index contributed by atoms with van der Waals surface area (Å²) < 4.78 is 0.750. The lowest BCUT2D eigenvalue weighted by molar-refractivity contribution is -0.605. The van der Waals surface area contributed by atoms with Crippen LogP contribution in [0.3, 0.4) is 0 Å². The minimum Gasteiger partial charge on any atom is -0.619 e. The third-order valence-corrected chi connectivity index (χ3v) is 2.81. The van der Waals surface area contributed by atoms with Crippen LogP contribution in [0.1, 0.15) is 19.3 Å². The van der Waals surface area contributed by atoms with Crippen molar-refractivity contribution in [1.82, 2.24) is 4.98 Å². The van der Waals surface area contributed by atoms with E-state index in [1.165, 1.54) is 31.7 Å². The molecule has 1 N–H and O–H groups in total. The third kappa shape index (κ3) is 4.05. The van der Waals surface area contributed by atoms with E-state index in [0.29, 0.717) is 6.04 Å². The molecule has 2 aromatic heterocycles. The van der Waals surface area contributed by atoms with E-state index >= 15 is 0 Å². The molecule has 0 atom stereocenters. The van der Waals surface area contributed by atoms with Gasteiger partial charge in [-0.2, -0.15) is 4.73 Å². The zero-order chi connectivity index (χ0) is 12.6. The van der Waals surface area contributed by atoms with Gasteiger partial charge in [0.25, 0.3) is 0 Å². The molecule has 0 radical (unpaired) electrons. The maximum atomic E-state index is 10.2. The Morgan fingerprint density at radius 1 is 1.11 bits per heavy atom. The molecule has 0 bridgehead atoms. The summed E-state index contributed by atoms with van der Waals surface area (Å²) >= 11 is 0. The molecule has 18 heavy (non-hydrogen) atoms. The molecule has 1 fully saturated rings. The van der Waals surface area contributed by atoms with Crippen molar-refractivity contribution < 1.29 is 4.73 Å². The van der Waals surface area contributed by atoms with Crippen LogP contribution in [0.2, 0.25) is 0 Å². The van der Waals surface area contributed by atoms with Gasteiger partial charge in [-0.3, -0.25) is 0 Å². The second kappa shape index (κ2) is 6.59. The molecule has 4 heteroatoms. The summed E-state index contributed by atoms with van der Waals surface area (Å²) in [6.07, 6.45) is 8.68. The van der Waals surface area contributed by atoms with Crippen LogP contribution in [0.15, 0.2) is 55.0 Å². The maximum absolute atomic E-state index is 10.2. The Morgan fingerprint density at radius 3 is 2.33 bits per heavy atom. The molecule has 1 aliphatic carbocycles. The Hall–Kier alpha value is -2.10. The van der Waals surface area contributed by atoms with Gasteiger partial charge in [0.2, 0.25) is 0 Å². The van der Waals surface area contributed by atoms with E-state index in [2.05, 4.69) is 10.3 Å². The number of aromatic nitrogens is 2. The third-order valence-electron chi connectivity index (χ3n) is 2.81. The van der Waals surface area contributed by atoms with Crippen LogP contribution in [0.5, 0.6) is 0 Å². The number of rotatable bonds is 2. The predicted octanol–water partition coefficient (Wildman–Crippen LogP) is 2.37. The zero-order valence-electron chi connectivity index (χ0n) is 10.2. The molecule has 94 valence electrons. The standard InChI is InChI=1S/C9H12N2.C5H5NO/c1-2-7-10-9(6-1)11-8-4-3-5-8;7-6-4-2-1-3-5-6/h1-2,6-8H,3-5H2,(H,10,11);1-5H. The number of hydrogen-bond donors (Lipinski definition) is 1. The van der Waals surface area contributed by atoms with Crippen molar-refractivity contribution in [3.8, 4) is 0 Å². The van der Waals surface area contributed by atoms with Crippen molar-refractivity contribution in [1.29, 1.82) is 0 Å². The van der Waals surface area contributed by atoms with Gasteiger partial charge in [-0.25, -0.2) is 4.98 Å². The Labute approximate surface area is 107 Å². The highest BCUT2D eigenvalue weighted by molar-refractivity contribution is 5.34. The lowest BCUT2D eigenvalue weighted by atomic mass is 9.93. The number of nitrogens with one attached hydrogen (secondary N) is 1. The first-order valence-corrected chi connectivity index (χ1v) is 6.16. The molecule has 1 aliphatic rings. The minimum absolute atomic E-state index is 0.685. The van der Waals surface area contributed by atoms with Crippen molar-refractivity contribution in [2.24, 2.45) is 0 Å². The first-order chi connectivity index (χ1) is 8.84. The maximum Gasteiger partial charge on any atom is 0.180 e. The van der Waals surface area contributed by atoms with Crippen LogP contribution < -0.4 is 10.0 Å². The monoisotopic (exact) mass is 243 g/mol. The quantitative estimate of drug-likeness (QED) is 0.650. The number of hydrogen-bond acceptors (Lipinski definition) is 3. The van der Waals surface area contributed by atoms with Gasteiger partial charge < -0.3 is 10.5 Å². The SMILES string of the molecule is [O-][n+]1ccccc1.c1ccc(NC2CCC2)nc1. The van der Waals surface area contributed by atoms with Gasteiger partial charge in [-0.05, 0) is 31.4 Å². The molecular weight excluding hydrogens is 226 g/mol. The van der Waals surface area contributed by atoms with E-state index in [-0.39, 0.29) is 0 Å². The fourth-order valence-electron chi connectivity index (χ4n) is 1.59. The Kier molecular flexibility index (Phi) is 4.53. The molecular formula is C14H17N3O. The number of anilines is 1. The molecule has 3 rings (SSSR count). The van der Waals surface area contributed by atoms with Gasteiger partial charge in [0.1, 0.15) is 5.82 Å². The van der Waals surface area contributed by atoms with E-state index in [4.69, 9.17) is 0 Å². The van der Waals surface area contributed by atoms with Gasteiger partial charge in [0.05, 0.1) is 0 Å². The smallest absolute Gasteiger partial charge is 0.180 e. The minimum atomic E-state index is 0.685. The fourth-order valence-corrected chi connectivity index (χ4v) is 1.59. The van der Waals surface area contributed by atoms with Gasteiger partial charge in [0, 0.05) is 24.4 Å². The van der Waals surface area contributed by atoms with Crippen LogP contribution in [-0.2, 0) is 0 Å². The second-order valence-electron chi connectivity index (χ2n) is 4.22. The Bertz CT molecular complexity index is 443. The van der Waals surface area contributed by atoms with Crippen LogP contribution in [0.4, 0.5) is 5.82 Å². The molecule has 1 saturated carbocycles. The normalized spacial score (nSPS) is 14.0. The van der Waals surface area contributed by atoms with Crippen molar-refractivity contribution in [2.45, 2.75) is 25.3 Å². The van der Waals surface area contributed by atoms with E-state index in [1.54, 1.807) is 18.2 Å². The van der Waals surface area contributed by atoms with Crippen LogP contribution in [0, 0.1) is 5.21 Å². The molecule has 0 spiro atoms. The molecule has 0 aromatic carbocycles. The average molecular weight is 243 g/mol. The summed E-state index contributed by atoms with van der Waals surface area (Å²) in [5.74, 6) is 1.01. The summed E-state index contributed by atoms with van der Waals surface area (Å²) in [5.41, 5.74) is 0. The zero-order valence-corrected chi connectivity index (χ0v) is 10.2. The number of nitrogens with zero attached hydrogens (tertiary/aromatic N) is 2. The molecule has 2 heterocycles. The summed E-state index contributed by atoms with van der Waals surface area (Å²) in [4.78, 5) is 4.19. The highest BCUT2D eigenvalue weighted by Crippen LogP contribution is 2.21. The van der Waals surface area contributed by atoms with Crippen molar-refractivity contribution in [3.63, 3.8) is 0 Å². The van der Waals surface area contributed by atoms with Crippen LogP contribution >= 0.6 is 0 Å². The second-order valence-corrected chi connectivity index (χ2v) is 4.22. The topological polar surface area (TPSA) is 51.9 Å². The van der Waals surface area contributed by atoms with Crippen molar-refractivity contribution in [2.75, 3.05) is 5.32 Å². The summed E-state index contributed by atoms with van der Waals surface area (Å²) in [7, 11) is 0. The first kappa shape index (κ1) is 12.4. The molecule has 0 aliphatic heterocycles. The lowest BCUT2D eigenvalue weighted by Crippen LogP contribution is -2.27. The Morgan fingerprint density at radius 2 is 1.89 bits per heavy atom. The molecule has 0 amide bonds. The summed E-state index contributed by atoms with van der Waals surface area (Å²) in [6, 6.07) is 11.8. The molecule has 0 unspecified atom stereocenters. The van der Waals surface area contributed by atoms with Crippen LogP contribution in [0.25, 0.3) is 0 Å². The molecule has 4 nitrogen and oxygen atoms in total. The van der Waals surface area contributed by atoms with Gasteiger partial charge in [0.15, 0.2) is 12.4 Å².